The molecule has 0 radical (unpaired) electrons. The Morgan fingerprint density at radius 1 is 1.24 bits per heavy atom. The maximum Gasteiger partial charge on any atom is 0.328 e. The number of aliphatic hydroxyl groups excluding tert-OH is 1. The molecule has 3 aromatic rings. The number of nitrogens with one attached hydrogen (secondary N) is 2. The van der Waals surface area contributed by atoms with E-state index in [1.807, 2.05) is 30.3 Å². The molecule has 0 spiro atoms. The highest BCUT2D eigenvalue weighted by Gasteiger charge is 2.34. The third-order valence-corrected chi connectivity index (χ3v) is 5.72. The van der Waals surface area contributed by atoms with E-state index in [-0.39, 0.29) is 38.0 Å². The minimum Gasteiger partial charge on any atom is -0.502 e. The number of aromatic hydroxyl groups is 1. The van der Waals surface area contributed by atoms with Crippen molar-refractivity contribution >= 4 is 11.9 Å². The SMILES string of the molecule is O=C(NCCF)C(CN1Cc2cc(-c3ccc(CCO)cc3)cn2C1=O)c1nc[nH]c(=O)c1O. The number of nitrogens with zero attached hydrogens (tertiary/aromatic N) is 3. The lowest BCUT2D eigenvalue weighted by Gasteiger charge is -2.22. The molecule has 0 saturated carbocycles. The van der Waals surface area contributed by atoms with Crippen LogP contribution in [-0.2, 0) is 17.8 Å². The number of halogens is 1. The number of aromatic nitrogens is 3. The zero-order valence-corrected chi connectivity index (χ0v) is 18.2. The number of fused-ring (bicyclic) bond motifs is 1. The molecule has 4 rings (SSSR count). The zero-order chi connectivity index (χ0) is 24.2. The predicted molar refractivity (Wildman–Crippen MR) is 120 cm³/mol. The molecule has 1 atom stereocenters. The normalized spacial score (nSPS) is 13.7. The number of H-pyrrole nitrogens is 1. The smallest absolute Gasteiger partial charge is 0.328 e. The molecule has 178 valence electrons. The quantitative estimate of drug-likeness (QED) is 0.370. The highest BCUT2D eigenvalue weighted by Crippen LogP contribution is 2.30. The summed E-state index contributed by atoms with van der Waals surface area (Å²) < 4.78 is 14.1. The van der Waals surface area contributed by atoms with E-state index in [0.717, 1.165) is 23.0 Å². The van der Waals surface area contributed by atoms with Gasteiger partial charge in [-0.3, -0.25) is 14.2 Å². The zero-order valence-electron chi connectivity index (χ0n) is 18.2. The Bertz CT molecular complexity index is 1250. The van der Waals surface area contributed by atoms with Crippen LogP contribution in [0, 0.1) is 0 Å². The summed E-state index contributed by atoms with van der Waals surface area (Å²) in [5, 5.41) is 21.6. The fourth-order valence-corrected chi connectivity index (χ4v) is 3.99. The van der Waals surface area contributed by atoms with Crippen LogP contribution in [0.2, 0.25) is 0 Å². The maximum atomic E-state index is 13.1. The number of hydrogen-bond acceptors (Lipinski definition) is 6. The summed E-state index contributed by atoms with van der Waals surface area (Å²) in [6.45, 7) is -0.910. The van der Waals surface area contributed by atoms with Crippen LogP contribution in [0.15, 0.2) is 47.7 Å². The van der Waals surface area contributed by atoms with Crippen LogP contribution in [-0.4, -0.2) is 68.0 Å². The number of aliphatic hydroxyl groups is 1. The first kappa shape index (κ1) is 23.2. The van der Waals surface area contributed by atoms with Crippen molar-refractivity contribution < 1.29 is 24.2 Å². The van der Waals surface area contributed by atoms with Crippen LogP contribution in [0.25, 0.3) is 11.1 Å². The molecule has 2 aromatic heterocycles. The second-order valence-electron chi connectivity index (χ2n) is 7.92. The van der Waals surface area contributed by atoms with Crippen LogP contribution < -0.4 is 10.9 Å². The van der Waals surface area contributed by atoms with Gasteiger partial charge in [0.2, 0.25) is 11.7 Å². The largest absolute Gasteiger partial charge is 0.502 e. The lowest BCUT2D eigenvalue weighted by atomic mass is 10.0. The van der Waals surface area contributed by atoms with E-state index in [0.29, 0.717) is 12.1 Å². The Morgan fingerprint density at radius 2 is 2.00 bits per heavy atom. The molecule has 2 amide bonds. The number of benzene rings is 1. The van der Waals surface area contributed by atoms with E-state index in [1.54, 1.807) is 6.20 Å². The lowest BCUT2D eigenvalue weighted by molar-refractivity contribution is -0.123. The van der Waals surface area contributed by atoms with Crippen LogP contribution in [0.1, 0.15) is 22.9 Å². The fraction of sp³-hybridized carbons (Fsp3) is 0.304. The van der Waals surface area contributed by atoms with Crippen molar-refractivity contribution in [2.75, 3.05) is 26.4 Å². The molecular formula is C23H24FN5O5. The minimum atomic E-state index is -1.17. The molecule has 10 nitrogen and oxygen atoms in total. The van der Waals surface area contributed by atoms with E-state index in [2.05, 4.69) is 15.3 Å². The number of rotatable bonds is 9. The standard InChI is InChI=1S/C23H24FN5O5/c24-6-7-25-21(32)18(19-20(31)22(33)27-13-26-19)12-28-11-17-9-16(10-29(17)23(28)34)15-3-1-14(2-4-15)5-8-30/h1-4,9-10,13,18,30-31H,5-8,11-12H2,(H,25,32)(H,26,27,33). The van der Waals surface area contributed by atoms with Gasteiger partial charge in [0, 0.05) is 37.2 Å². The molecule has 11 heteroatoms. The topological polar surface area (TPSA) is 141 Å². The second kappa shape index (κ2) is 9.87. The summed E-state index contributed by atoms with van der Waals surface area (Å²) in [6.07, 6.45) is 3.33. The van der Waals surface area contributed by atoms with E-state index in [1.165, 1.54) is 9.47 Å². The third kappa shape index (κ3) is 4.55. The van der Waals surface area contributed by atoms with E-state index in [9.17, 15) is 23.9 Å². The average molecular weight is 469 g/mol. The van der Waals surface area contributed by atoms with E-state index >= 15 is 0 Å². The van der Waals surface area contributed by atoms with Crippen molar-refractivity contribution in [3.63, 3.8) is 0 Å². The lowest BCUT2D eigenvalue weighted by Crippen LogP contribution is -2.39. The molecule has 1 unspecified atom stereocenters. The first-order valence-electron chi connectivity index (χ1n) is 10.7. The van der Waals surface area contributed by atoms with Gasteiger partial charge in [0.15, 0.2) is 0 Å². The van der Waals surface area contributed by atoms with Gasteiger partial charge < -0.3 is 25.4 Å². The number of alkyl halides is 1. The summed E-state index contributed by atoms with van der Waals surface area (Å²) in [6, 6.07) is 9.19. The molecule has 0 bridgehead atoms. The summed E-state index contributed by atoms with van der Waals surface area (Å²) in [4.78, 5) is 45.1. The van der Waals surface area contributed by atoms with Crippen LogP contribution in [0.5, 0.6) is 5.75 Å². The minimum absolute atomic E-state index is 0.0711. The van der Waals surface area contributed by atoms with Crippen LogP contribution in [0.3, 0.4) is 0 Å². The second-order valence-corrected chi connectivity index (χ2v) is 7.92. The van der Waals surface area contributed by atoms with Crippen molar-refractivity contribution in [3.8, 4) is 16.9 Å². The van der Waals surface area contributed by atoms with Crippen molar-refractivity contribution in [3.05, 3.63) is 70.2 Å². The van der Waals surface area contributed by atoms with Gasteiger partial charge in [0.05, 0.1) is 12.9 Å². The Hall–Kier alpha value is -3.99. The van der Waals surface area contributed by atoms with E-state index < -0.39 is 29.8 Å². The van der Waals surface area contributed by atoms with Gasteiger partial charge in [-0.05, 0) is 23.6 Å². The van der Waals surface area contributed by atoms with Crippen molar-refractivity contribution in [2.24, 2.45) is 0 Å². The van der Waals surface area contributed by atoms with Gasteiger partial charge in [-0.2, -0.15) is 0 Å². The molecule has 4 N–H and O–H groups in total. The molecule has 1 aliphatic rings. The number of aromatic amines is 1. The first-order chi connectivity index (χ1) is 16.4. The summed E-state index contributed by atoms with van der Waals surface area (Å²) in [5.74, 6) is -2.54. The van der Waals surface area contributed by atoms with Crippen molar-refractivity contribution in [1.82, 2.24) is 24.8 Å². The first-order valence-corrected chi connectivity index (χ1v) is 10.7. The van der Waals surface area contributed by atoms with Gasteiger partial charge >= 0.3 is 6.03 Å². The predicted octanol–water partition coefficient (Wildman–Crippen LogP) is 1.13. The van der Waals surface area contributed by atoms with Gasteiger partial charge in [0.25, 0.3) is 5.56 Å². The third-order valence-electron chi connectivity index (χ3n) is 5.72. The Morgan fingerprint density at radius 3 is 2.68 bits per heavy atom. The number of hydrogen-bond donors (Lipinski definition) is 4. The monoisotopic (exact) mass is 469 g/mol. The van der Waals surface area contributed by atoms with Gasteiger partial charge in [-0.15, -0.1) is 0 Å². The molecule has 0 saturated heterocycles. The Labute approximate surface area is 193 Å². The van der Waals surface area contributed by atoms with E-state index in [4.69, 9.17) is 5.11 Å². The summed E-state index contributed by atoms with van der Waals surface area (Å²) in [7, 11) is 0. The molecule has 1 aromatic carbocycles. The highest BCUT2D eigenvalue weighted by atomic mass is 19.1. The van der Waals surface area contributed by atoms with Gasteiger partial charge in [-0.1, -0.05) is 24.3 Å². The molecule has 1 aliphatic heterocycles. The molecule has 0 aliphatic carbocycles. The number of amides is 2. The molecule has 34 heavy (non-hydrogen) atoms. The van der Waals surface area contributed by atoms with Crippen molar-refractivity contribution in [2.45, 2.75) is 18.9 Å². The van der Waals surface area contributed by atoms with Gasteiger partial charge in [0.1, 0.15) is 18.3 Å². The molecular weight excluding hydrogens is 445 g/mol. The van der Waals surface area contributed by atoms with Crippen LogP contribution in [0.4, 0.5) is 9.18 Å². The summed E-state index contributed by atoms with van der Waals surface area (Å²) in [5.41, 5.74) is 2.49. The molecule has 3 heterocycles. The van der Waals surface area contributed by atoms with Crippen LogP contribution >= 0.6 is 0 Å². The van der Waals surface area contributed by atoms with Crippen molar-refractivity contribution in [1.29, 1.82) is 0 Å². The summed E-state index contributed by atoms with van der Waals surface area (Å²) >= 11 is 0. The Balaban J connectivity index is 1.55. The maximum absolute atomic E-state index is 13.1. The fourth-order valence-electron chi connectivity index (χ4n) is 3.99. The van der Waals surface area contributed by atoms with Gasteiger partial charge in [-0.25, -0.2) is 14.2 Å². The average Bonchev–Trinajstić information content (AvgIpc) is 3.38. The number of carbonyl (C=O) groups is 2. The highest BCUT2D eigenvalue weighted by molar-refractivity contribution is 5.87. The number of carbonyl (C=O) groups excluding carboxylic acids is 2. The molecule has 0 fully saturated rings. The Kier molecular flexibility index (Phi) is 6.73.